The Balaban J connectivity index is 2.16. The van der Waals surface area contributed by atoms with Crippen molar-refractivity contribution in [1.29, 1.82) is 0 Å². The van der Waals surface area contributed by atoms with Crippen LogP contribution in [0.2, 0.25) is 0 Å². The predicted octanol–water partition coefficient (Wildman–Crippen LogP) is 3.06. The third kappa shape index (κ3) is 5.01. The summed E-state index contributed by atoms with van der Waals surface area (Å²) in [5, 5.41) is 0. The summed E-state index contributed by atoms with van der Waals surface area (Å²) in [7, 11) is 2.31. The first-order valence-corrected chi connectivity index (χ1v) is 8.43. The maximum Gasteiger partial charge on any atom is 0.338 e. The number of carbonyl (C=O) groups is 4. The fraction of sp³-hybridized carbons (Fsp3) is 0.158. The van der Waals surface area contributed by atoms with Crippen LogP contribution < -0.4 is 0 Å². The van der Waals surface area contributed by atoms with Crippen molar-refractivity contribution in [1.82, 2.24) is 0 Å². The summed E-state index contributed by atoms with van der Waals surface area (Å²) in [6.45, 7) is -0.465. The van der Waals surface area contributed by atoms with Gasteiger partial charge in [-0.15, -0.1) is 0 Å². The van der Waals surface area contributed by atoms with E-state index in [4.69, 9.17) is 4.74 Å². The van der Waals surface area contributed by atoms with Crippen LogP contribution in [0, 0.1) is 0 Å². The van der Waals surface area contributed by atoms with E-state index in [-0.39, 0.29) is 22.5 Å². The molecule has 27 heavy (non-hydrogen) atoms. The second-order valence-corrected chi connectivity index (χ2v) is 6.17. The molecule has 0 amide bonds. The monoisotopic (exact) mass is 434 g/mol. The molecule has 0 heterocycles. The highest BCUT2D eigenvalue weighted by Gasteiger charge is 2.21. The second kappa shape index (κ2) is 9.09. The summed E-state index contributed by atoms with van der Waals surface area (Å²) in [5.41, 5.74) is 0.193. The summed E-state index contributed by atoms with van der Waals surface area (Å²) in [5.74, 6) is -2.76. The van der Waals surface area contributed by atoms with E-state index < -0.39 is 24.5 Å². The number of hydrogen-bond acceptors (Lipinski definition) is 7. The second-order valence-electron chi connectivity index (χ2n) is 5.25. The average molecular weight is 435 g/mol. The Bertz CT molecular complexity index is 887. The Hall–Kier alpha value is -3.00. The molecule has 140 valence electrons. The van der Waals surface area contributed by atoms with Crippen molar-refractivity contribution in [3.8, 4) is 0 Å². The number of ketones is 1. The zero-order chi connectivity index (χ0) is 20.0. The molecule has 2 aromatic rings. The van der Waals surface area contributed by atoms with Gasteiger partial charge in [0.25, 0.3) is 0 Å². The van der Waals surface area contributed by atoms with E-state index in [0.717, 1.165) is 17.6 Å². The van der Waals surface area contributed by atoms with Gasteiger partial charge in [0.1, 0.15) is 0 Å². The molecule has 2 aromatic carbocycles. The molecule has 0 aliphatic heterocycles. The molecule has 0 atom stereocenters. The normalized spacial score (nSPS) is 10.0. The molecule has 0 aliphatic carbocycles. The van der Waals surface area contributed by atoms with Crippen molar-refractivity contribution in [2.75, 3.05) is 20.8 Å². The first kappa shape index (κ1) is 20.3. The molecule has 7 nitrogen and oxygen atoms in total. The van der Waals surface area contributed by atoms with Crippen LogP contribution in [0.4, 0.5) is 0 Å². The molecular formula is C19H15BrO7. The fourth-order valence-corrected chi connectivity index (χ4v) is 2.44. The van der Waals surface area contributed by atoms with Crippen molar-refractivity contribution in [2.45, 2.75) is 0 Å². The van der Waals surface area contributed by atoms with Gasteiger partial charge in [0, 0.05) is 10.0 Å². The number of hydrogen-bond donors (Lipinski definition) is 0. The van der Waals surface area contributed by atoms with Gasteiger partial charge in [-0.25, -0.2) is 14.4 Å². The summed E-state index contributed by atoms with van der Waals surface area (Å²) >= 11 is 3.27. The van der Waals surface area contributed by atoms with Crippen LogP contribution in [-0.4, -0.2) is 44.5 Å². The smallest absolute Gasteiger partial charge is 0.338 e. The van der Waals surface area contributed by atoms with Gasteiger partial charge in [-0.2, -0.15) is 0 Å². The number of halogens is 1. The van der Waals surface area contributed by atoms with Crippen molar-refractivity contribution in [2.24, 2.45) is 0 Å². The van der Waals surface area contributed by atoms with E-state index in [9.17, 15) is 19.2 Å². The lowest BCUT2D eigenvalue weighted by Gasteiger charge is -2.09. The largest absolute Gasteiger partial charge is 0.465 e. The van der Waals surface area contributed by atoms with Gasteiger partial charge in [0.15, 0.2) is 12.4 Å². The van der Waals surface area contributed by atoms with Gasteiger partial charge < -0.3 is 14.2 Å². The van der Waals surface area contributed by atoms with Crippen molar-refractivity contribution in [3.63, 3.8) is 0 Å². The van der Waals surface area contributed by atoms with E-state index in [2.05, 4.69) is 25.4 Å². The highest BCUT2D eigenvalue weighted by Crippen LogP contribution is 2.16. The summed E-state index contributed by atoms with van der Waals surface area (Å²) in [6.07, 6.45) is 0. The quantitative estimate of drug-likeness (QED) is 0.391. The summed E-state index contributed by atoms with van der Waals surface area (Å²) in [6, 6.07) is 10.3. The van der Waals surface area contributed by atoms with Gasteiger partial charge >= 0.3 is 17.9 Å². The number of rotatable bonds is 6. The molecule has 0 aromatic heterocycles. The SMILES string of the molecule is COC(=O)c1ccc(C(=O)OCC(=O)c2ccc(Br)cc2)cc1C(=O)OC. The third-order valence-electron chi connectivity index (χ3n) is 3.57. The molecule has 0 saturated carbocycles. The van der Waals surface area contributed by atoms with Crippen LogP contribution in [-0.2, 0) is 14.2 Å². The van der Waals surface area contributed by atoms with Crippen LogP contribution in [0.25, 0.3) is 0 Å². The van der Waals surface area contributed by atoms with Gasteiger partial charge in [-0.3, -0.25) is 4.79 Å². The van der Waals surface area contributed by atoms with Crippen LogP contribution in [0.3, 0.4) is 0 Å². The third-order valence-corrected chi connectivity index (χ3v) is 4.10. The minimum absolute atomic E-state index is 0.00772. The maximum atomic E-state index is 12.2. The Labute approximate surface area is 163 Å². The molecular weight excluding hydrogens is 420 g/mol. The highest BCUT2D eigenvalue weighted by molar-refractivity contribution is 9.10. The first-order chi connectivity index (χ1) is 12.9. The Morgan fingerprint density at radius 2 is 1.33 bits per heavy atom. The van der Waals surface area contributed by atoms with E-state index in [1.807, 2.05) is 0 Å². The average Bonchev–Trinajstić information content (AvgIpc) is 2.70. The number of methoxy groups -OCH3 is 2. The molecule has 0 saturated heterocycles. The fourth-order valence-electron chi connectivity index (χ4n) is 2.17. The van der Waals surface area contributed by atoms with Crippen molar-refractivity contribution < 1.29 is 33.4 Å². The zero-order valence-electron chi connectivity index (χ0n) is 14.5. The van der Waals surface area contributed by atoms with Crippen LogP contribution in [0.15, 0.2) is 46.9 Å². The lowest BCUT2D eigenvalue weighted by atomic mass is 10.0. The molecule has 2 rings (SSSR count). The number of ether oxygens (including phenoxy) is 3. The molecule has 0 radical (unpaired) electrons. The molecule has 0 N–H and O–H groups in total. The Morgan fingerprint density at radius 1 is 0.778 bits per heavy atom. The topological polar surface area (TPSA) is 96.0 Å². The Morgan fingerprint density at radius 3 is 1.93 bits per heavy atom. The molecule has 0 fully saturated rings. The van der Waals surface area contributed by atoms with Gasteiger partial charge in [0.05, 0.1) is 30.9 Å². The van der Waals surface area contributed by atoms with Gasteiger partial charge in [-0.05, 0) is 30.3 Å². The molecule has 0 unspecified atom stereocenters. The van der Waals surface area contributed by atoms with E-state index >= 15 is 0 Å². The lowest BCUT2D eigenvalue weighted by molar-refractivity contribution is 0.0473. The van der Waals surface area contributed by atoms with Crippen LogP contribution in [0.1, 0.15) is 41.4 Å². The molecule has 0 aliphatic rings. The number of benzene rings is 2. The first-order valence-electron chi connectivity index (χ1n) is 7.64. The molecule has 0 bridgehead atoms. The van der Waals surface area contributed by atoms with E-state index in [1.54, 1.807) is 24.3 Å². The Kier molecular flexibility index (Phi) is 6.84. The maximum absolute atomic E-state index is 12.2. The van der Waals surface area contributed by atoms with Crippen LogP contribution >= 0.6 is 15.9 Å². The number of carbonyl (C=O) groups excluding carboxylic acids is 4. The van der Waals surface area contributed by atoms with E-state index in [1.165, 1.54) is 19.2 Å². The zero-order valence-corrected chi connectivity index (χ0v) is 16.1. The van der Waals surface area contributed by atoms with Crippen molar-refractivity contribution in [3.05, 3.63) is 69.2 Å². The van der Waals surface area contributed by atoms with Crippen molar-refractivity contribution >= 4 is 39.6 Å². The van der Waals surface area contributed by atoms with Gasteiger partial charge in [-0.1, -0.05) is 28.1 Å². The number of esters is 3. The molecule has 0 spiro atoms. The lowest BCUT2D eigenvalue weighted by Crippen LogP contribution is -2.16. The van der Waals surface area contributed by atoms with Gasteiger partial charge in [0.2, 0.25) is 0 Å². The molecule has 8 heteroatoms. The highest BCUT2D eigenvalue weighted by atomic mass is 79.9. The van der Waals surface area contributed by atoms with Crippen LogP contribution in [0.5, 0.6) is 0 Å². The minimum Gasteiger partial charge on any atom is -0.465 e. The summed E-state index contributed by atoms with van der Waals surface area (Å²) < 4.78 is 15.0. The van der Waals surface area contributed by atoms with E-state index in [0.29, 0.717) is 5.56 Å². The standard InChI is InChI=1S/C19H15BrO7/c1-25-18(23)14-8-5-12(9-15(14)19(24)26-2)17(22)27-10-16(21)11-3-6-13(20)7-4-11/h3-9H,10H2,1-2H3. The number of Topliss-reactive ketones (excluding diaryl/α,β-unsaturated/α-hetero) is 1. The minimum atomic E-state index is -0.818. The predicted molar refractivity (Wildman–Crippen MR) is 97.9 cm³/mol. The summed E-state index contributed by atoms with van der Waals surface area (Å²) in [4.78, 5) is 47.9.